The lowest BCUT2D eigenvalue weighted by molar-refractivity contribution is -0.135. The van der Waals surface area contributed by atoms with E-state index < -0.39 is 5.82 Å². The molecule has 0 radical (unpaired) electrons. The Labute approximate surface area is 128 Å². The molecular weight excluding hydrogens is 295 g/mol. The minimum Gasteiger partial charge on any atom is -0.339 e. The first kappa shape index (κ1) is 15.8. The summed E-state index contributed by atoms with van der Waals surface area (Å²) in [4.78, 5) is 27.6. The summed E-state index contributed by atoms with van der Waals surface area (Å²) in [5, 5.41) is -0.0607. The van der Waals surface area contributed by atoms with Crippen LogP contribution >= 0.6 is 11.6 Å². The second-order valence-corrected chi connectivity index (χ2v) is 5.81. The number of rotatable bonds is 2. The first-order valence-electron chi connectivity index (χ1n) is 6.93. The van der Waals surface area contributed by atoms with Gasteiger partial charge < -0.3 is 9.80 Å². The van der Waals surface area contributed by atoms with Crippen LogP contribution in [0.2, 0.25) is 5.02 Å². The number of benzene rings is 1. The van der Waals surface area contributed by atoms with Crippen molar-refractivity contribution in [2.24, 2.45) is 5.92 Å². The number of piperazine rings is 1. The lowest BCUT2D eigenvalue weighted by Gasteiger charge is -2.35. The molecule has 0 atom stereocenters. The van der Waals surface area contributed by atoms with Crippen molar-refractivity contribution in [3.05, 3.63) is 34.6 Å². The van der Waals surface area contributed by atoms with Crippen LogP contribution in [0.1, 0.15) is 24.2 Å². The Morgan fingerprint density at radius 3 is 2.24 bits per heavy atom. The average Bonchev–Trinajstić information content (AvgIpc) is 2.48. The zero-order chi connectivity index (χ0) is 15.6. The molecule has 0 spiro atoms. The highest BCUT2D eigenvalue weighted by molar-refractivity contribution is 6.31. The molecule has 4 nitrogen and oxygen atoms in total. The van der Waals surface area contributed by atoms with E-state index in [1.807, 2.05) is 13.8 Å². The molecule has 1 heterocycles. The van der Waals surface area contributed by atoms with Crippen LogP contribution in [0.4, 0.5) is 4.39 Å². The van der Waals surface area contributed by atoms with Crippen LogP contribution in [0.15, 0.2) is 18.2 Å². The molecule has 2 rings (SSSR count). The van der Waals surface area contributed by atoms with Crippen LogP contribution in [0.3, 0.4) is 0 Å². The topological polar surface area (TPSA) is 40.6 Å². The molecule has 0 N–H and O–H groups in total. The van der Waals surface area contributed by atoms with Gasteiger partial charge in [0.2, 0.25) is 5.91 Å². The third-order valence-electron chi connectivity index (χ3n) is 3.54. The van der Waals surface area contributed by atoms with Gasteiger partial charge in [0.25, 0.3) is 5.91 Å². The van der Waals surface area contributed by atoms with E-state index in [1.165, 1.54) is 18.2 Å². The molecule has 114 valence electrons. The van der Waals surface area contributed by atoms with Gasteiger partial charge in [-0.1, -0.05) is 25.4 Å². The SMILES string of the molecule is CC(C)C(=O)N1CCN(C(=O)c2ccc(F)c(Cl)c2)CC1. The summed E-state index contributed by atoms with van der Waals surface area (Å²) >= 11 is 5.70. The third-order valence-corrected chi connectivity index (χ3v) is 3.83. The van der Waals surface area contributed by atoms with Crippen molar-refractivity contribution in [1.82, 2.24) is 9.80 Å². The van der Waals surface area contributed by atoms with E-state index in [4.69, 9.17) is 11.6 Å². The fraction of sp³-hybridized carbons (Fsp3) is 0.467. The number of hydrogen-bond acceptors (Lipinski definition) is 2. The van der Waals surface area contributed by atoms with Crippen molar-refractivity contribution < 1.29 is 14.0 Å². The van der Waals surface area contributed by atoms with Crippen molar-refractivity contribution >= 4 is 23.4 Å². The van der Waals surface area contributed by atoms with Gasteiger partial charge in [-0.25, -0.2) is 4.39 Å². The van der Waals surface area contributed by atoms with Crippen molar-refractivity contribution in [1.29, 1.82) is 0 Å². The highest BCUT2D eigenvalue weighted by Gasteiger charge is 2.26. The quantitative estimate of drug-likeness (QED) is 0.841. The summed E-state index contributed by atoms with van der Waals surface area (Å²) in [6, 6.07) is 3.95. The van der Waals surface area contributed by atoms with Crippen molar-refractivity contribution in [3.63, 3.8) is 0 Å². The van der Waals surface area contributed by atoms with Crippen LogP contribution < -0.4 is 0 Å². The van der Waals surface area contributed by atoms with Crippen LogP contribution in [0, 0.1) is 11.7 Å². The summed E-state index contributed by atoms with van der Waals surface area (Å²) in [6.45, 7) is 5.73. The third kappa shape index (κ3) is 3.53. The standard InChI is InChI=1S/C15H18ClFN2O2/c1-10(2)14(20)18-5-7-19(8-6-18)15(21)11-3-4-13(17)12(16)9-11/h3-4,9-10H,5-8H2,1-2H3. The Kier molecular flexibility index (Phi) is 4.83. The molecule has 0 bridgehead atoms. The summed E-state index contributed by atoms with van der Waals surface area (Å²) in [6.07, 6.45) is 0. The van der Waals surface area contributed by atoms with Crippen molar-refractivity contribution in [2.45, 2.75) is 13.8 Å². The molecule has 1 aromatic rings. The maximum Gasteiger partial charge on any atom is 0.254 e. The van der Waals surface area contributed by atoms with Gasteiger partial charge in [-0.05, 0) is 18.2 Å². The molecule has 1 aliphatic heterocycles. The fourth-order valence-electron chi connectivity index (χ4n) is 2.31. The number of hydrogen-bond donors (Lipinski definition) is 0. The summed E-state index contributed by atoms with van der Waals surface area (Å²) in [5.74, 6) is -0.663. The van der Waals surface area contributed by atoms with Gasteiger partial charge >= 0.3 is 0 Å². The summed E-state index contributed by atoms with van der Waals surface area (Å²) in [5.41, 5.74) is 0.366. The maximum atomic E-state index is 13.1. The predicted octanol–water partition coefficient (Wildman–Crippen LogP) is 2.42. The Morgan fingerprint density at radius 1 is 1.14 bits per heavy atom. The van der Waals surface area contributed by atoms with Crippen LogP contribution in [0.25, 0.3) is 0 Å². The Bertz CT molecular complexity index is 555. The van der Waals surface area contributed by atoms with Crippen molar-refractivity contribution in [3.8, 4) is 0 Å². The minimum atomic E-state index is -0.541. The first-order chi connectivity index (χ1) is 9.90. The number of carbonyl (C=O) groups is 2. The minimum absolute atomic E-state index is 0.0387. The molecule has 1 aromatic carbocycles. The molecular formula is C15H18ClFN2O2. The molecule has 21 heavy (non-hydrogen) atoms. The van der Waals surface area contributed by atoms with Crippen LogP contribution in [-0.2, 0) is 4.79 Å². The first-order valence-corrected chi connectivity index (χ1v) is 7.31. The van der Waals surface area contributed by atoms with Gasteiger partial charge in [-0.15, -0.1) is 0 Å². The van der Waals surface area contributed by atoms with E-state index in [-0.39, 0.29) is 22.8 Å². The summed E-state index contributed by atoms with van der Waals surface area (Å²) < 4.78 is 13.1. The highest BCUT2D eigenvalue weighted by atomic mass is 35.5. The van der Waals surface area contributed by atoms with E-state index >= 15 is 0 Å². The average molecular weight is 313 g/mol. The maximum absolute atomic E-state index is 13.1. The van der Waals surface area contributed by atoms with Gasteiger partial charge in [-0.3, -0.25) is 9.59 Å². The second kappa shape index (κ2) is 6.43. The summed E-state index contributed by atoms with van der Waals surface area (Å²) in [7, 11) is 0. The molecule has 1 fully saturated rings. The Hall–Kier alpha value is -1.62. The number of nitrogens with zero attached hydrogens (tertiary/aromatic N) is 2. The number of halogens is 2. The lowest BCUT2D eigenvalue weighted by Crippen LogP contribution is -2.51. The highest BCUT2D eigenvalue weighted by Crippen LogP contribution is 2.18. The van der Waals surface area contributed by atoms with Gasteiger partial charge in [0, 0.05) is 37.7 Å². The van der Waals surface area contributed by atoms with Crippen LogP contribution in [0.5, 0.6) is 0 Å². The van der Waals surface area contributed by atoms with Gasteiger partial charge in [0.05, 0.1) is 5.02 Å². The zero-order valence-electron chi connectivity index (χ0n) is 12.1. The number of carbonyl (C=O) groups excluding carboxylic acids is 2. The predicted molar refractivity (Wildman–Crippen MR) is 78.7 cm³/mol. The molecule has 0 saturated carbocycles. The smallest absolute Gasteiger partial charge is 0.254 e. The number of amides is 2. The fourth-order valence-corrected chi connectivity index (χ4v) is 2.49. The van der Waals surface area contributed by atoms with E-state index in [0.717, 1.165) is 0 Å². The van der Waals surface area contributed by atoms with Crippen molar-refractivity contribution in [2.75, 3.05) is 26.2 Å². The lowest BCUT2D eigenvalue weighted by atomic mass is 10.1. The molecule has 6 heteroatoms. The largest absolute Gasteiger partial charge is 0.339 e. The normalized spacial score (nSPS) is 15.5. The monoisotopic (exact) mass is 312 g/mol. The van der Waals surface area contributed by atoms with E-state index in [2.05, 4.69) is 0 Å². The molecule has 0 aliphatic carbocycles. The molecule has 1 aliphatic rings. The second-order valence-electron chi connectivity index (χ2n) is 5.40. The molecule has 1 saturated heterocycles. The van der Waals surface area contributed by atoms with E-state index in [0.29, 0.717) is 31.7 Å². The van der Waals surface area contributed by atoms with E-state index in [9.17, 15) is 14.0 Å². The van der Waals surface area contributed by atoms with Gasteiger partial charge in [0.1, 0.15) is 5.82 Å². The molecule has 0 aromatic heterocycles. The molecule has 0 unspecified atom stereocenters. The molecule has 2 amide bonds. The zero-order valence-corrected chi connectivity index (χ0v) is 12.9. The van der Waals surface area contributed by atoms with Gasteiger partial charge in [-0.2, -0.15) is 0 Å². The Balaban J connectivity index is 2.00. The Morgan fingerprint density at radius 2 is 1.71 bits per heavy atom. The van der Waals surface area contributed by atoms with E-state index in [1.54, 1.807) is 9.80 Å². The van der Waals surface area contributed by atoms with Crippen LogP contribution in [-0.4, -0.2) is 47.8 Å². The van der Waals surface area contributed by atoms with Gasteiger partial charge in [0.15, 0.2) is 0 Å².